The Bertz CT molecular complexity index is 916. The molecule has 0 aliphatic heterocycles. The van der Waals surface area contributed by atoms with Gasteiger partial charge in [-0.2, -0.15) is 0 Å². The van der Waals surface area contributed by atoms with E-state index in [0.29, 0.717) is 18.2 Å². The topological polar surface area (TPSA) is 80.2 Å². The number of likely N-dealkylation sites (N-methyl/N-ethyl adjacent to an activating group) is 1. The summed E-state index contributed by atoms with van der Waals surface area (Å²) in [5.74, 6) is 1.14. The highest BCUT2D eigenvalue weighted by atomic mass is 16.5. The van der Waals surface area contributed by atoms with E-state index in [4.69, 9.17) is 4.74 Å². The number of ether oxygens (including phenoxy) is 1. The van der Waals surface area contributed by atoms with Gasteiger partial charge in [0.15, 0.2) is 0 Å². The van der Waals surface area contributed by atoms with Crippen LogP contribution in [-0.4, -0.2) is 48.1 Å². The van der Waals surface area contributed by atoms with Gasteiger partial charge < -0.3 is 15.0 Å². The molecule has 29 heavy (non-hydrogen) atoms. The van der Waals surface area contributed by atoms with Gasteiger partial charge in [0, 0.05) is 38.7 Å². The standard InChI is InChI=1S/C22H25N5O2/c1-27(16-11-18-7-12-23-13-8-18)22-25-15-10-20(26-22)21(28)24-14-9-17-3-5-19(29-2)6-4-17/h3-8,10,12-13,15H,9,11,14,16H2,1-2H3,(H,24,28). The minimum Gasteiger partial charge on any atom is -0.497 e. The number of methoxy groups -OCH3 is 1. The molecule has 150 valence electrons. The fourth-order valence-electron chi connectivity index (χ4n) is 2.81. The summed E-state index contributed by atoms with van der Waals surface area (Å²) in [5, 5.41) is 2.91. The molecule has 2 heterocycles. The maximum absolute atomic E-state index is 12.4. The minimum atomic E-state index is -0.204. The van der Waals surface area contributed by atoms with Crippen LogP contribution in [0.15, 0.2) is 61.1 Å². The average Bonchev–Trinajstić information content (AvgIpc) is 2.78. The maximum atomic E-state index is 12.4. The van der Waals surface area contributed by atoms with Crippen LogP contribution >= 0.6 is 0 Å². The Morgan fingerprint density at radius 3 is 2.45 bits per heavy atom. The summed E-state index contributed by atoms with van der Waals surface area (Å²) >= 11 is 0. The Hall–Kier alpha value is -3.48. The molecule has 0 spiro atoms. The first-order valence-electron chi connectivity index (χ1n) is 9.50. The second-order valence-corrected chi connectivity index (χ2v) is 6.62. The summed E-state index contributed by atoms with van der Waals surface area (Å²) in [6.07, 6.45) is 6.76. The lowest BCUT2D eigenvalue weighted by molar-refractivity contribution is 0.0949. The predicted molar refractivity (Wildman–Crippen MR) is 112 cm³/mol. The van der Waals surface area contributed by atoms with Crippen LogP contribution in [0.3, 0.4) is 0 Å². The third-order valence-corrected chi connectivity index (χ3v) is 4.56. The summed E-state index contributed by atoms with van der Waals surface area (Å²) in [5.41, 5.74) is 2.69. The van der Waals surface area contributed by atoms with E-state index >= 15 is 0 Å². The van der Waals surface area contributed by atoms with Gasteiger partial charge in [-0.3, -0.25) is 9.78 Å². The normalized spacial score (nSPS) is 10.4. The van der Waals surface area contributed by atoms with Gasteiger partial charge in [-0.05, 0) is 54.3 Å². The minimum absolute atomic E-state index is 0.204. The van der Waals surface area contributed by atoms with E-state index in [-0.39, 0.29) is 5.91 Å². The molecule has 1 N–H and O–H groups in total. The number of aromatic nitrogens is 3. The molecule has 0 unspecified atom stereocenters. The molecule has 1 amide bonds. The zero-order chi connectivity index (χ0) is 20.5. The summed E-state index contributed by atoms with van der Waals surface area (Å²) < 4.78 is 5.15. The fourth-order valence-corrected chi connectivity index (χ4v) is 2.81. The van der Waals surface area contributed by atoms with Gasteiger partial charge in [0.05, 0.1) is 7.11 Å². The molecule has 0 radical (unpaired) electrons. The lowest BCUT2D eigenvalue weighted by Crippen LogP contribution is -2.28. The van der Waals surface area contributed by atoms with Crippen LogP contribution in [0.1, 0.15) is 21.6 Å². The smallest absolute Gasteiger partial charge is 0.270 e. The monoisotopic (exact) mass is 391 g/mol. The van der Waals surface area contributed by atoms with Crippen molar-refractivity contribution >= 4 is 11.9 Å². The summed E-state index contributed by atoms with van der Waals surface area (Å²) in [4.78, 5) is 27.1. The first kappa shape index (κ1) is 20.3. The largest absolute Gasteiger partial charge is 0.497 e. The van der Waals surface area contributed by atoms with E-state index in [1.807, 2.05) is 48.3 Å². The summed E-state index contributed by atoms with van der Waals surface area (Å²) in [6.45, 7) is 1.27. The van der Waals surface area contributed by atoms with Crippen molar-refractivity contribution in [2.45, 2.75) is 12.8 Å². The number of nitrogens with one attached hydrogen (secondary N) is 1. The van der Waals surface area contributed by atoms with E-state index in [1.54, 1.807) is 31.8 Å². The predicted octanol–water partition coefficient (Wildman–Crippen LogP) is 2.53. The average molecular weight is 391 g/mol. The third kappa shape index (κ3) is 6.00. The number of carbonyl (C=O) groups excluding carboxylic acids is 1. The molecule has 0 saturated carbocycles. The van der Waals surface area contributed by atoms with E-state index < -0.39 is 0 Å². The second kappa shape index (κ2) is 10.2. The molecule has 0 atom stereocenters. The SMILES string of the molecule is COc1ccc(CCNC(=O)c2ccnc(N(C)CCc3ccncc3)n2)cc1. The van der Waals surface area contributed by atoms with Crippen molar-refractivity contribution < 1.29 is 9.53 Å². The number of pyridine rings is 1. The molecule has 0 saturated heterocycles. The van der Waals surface area contributed by atoms with Crippen LogP contribution in [0, 0.1) is 0 Å². The first-order chi connectivity index (χ1) is 14.2. The van der Waals surface area contributed by atoms with E-state index in [2.05, 4.69) is 20.3 Å². The zero-order valence-corrected chi connectivity index (χ0v) is 16.7. The van der Waals surface area contributed by atoms with Gasteiger partial charge in [-0.25, -0.2) is 9.97 Å². The maximum Gasteiger partial charge on any atom is 0.270 e. The molecule has 1 aromatic carbocycles. The molecule has 3 rings (SSSR count). The Morgan fingerprint density at radius 2 is 1.72 bits per heavy atom. The van der Waals surface area contributed by atoms with Gasteiger partial charge in [0.25, 0.3) is 5.91 Å². The molecular formula is C22H25N5O2. The molecule has 0 bridgehead atoms. The number of nitrogens with zero attached hydrogens (tertiary/aromatic N) is 4. The number of hydrogen-bond acceptors (Lipinski definition) is 6. The number of benzene rings is 1. The van der Waals surface area contributed by atoms with Crippen LogP contribution in [0.2, 0.25) is 0 Å². The van der Waals surface area contributed by atoms with E-state index in [0.717, 1.165) is 30.7 Å². The lowest BCUT2D eigenvalue weighted by atomic mass is 10.1. The Morgan fingerprint density at radius 1 is 1.00 bits per heavy atom. The van der Waals surface area contributed by atoms with Crippen molar-refractivity contribution in [2.24, 2.45) is 0 Å². The van der Waals surface area contributed by atoms with E-state index in [1.165, 1.54) is 5.56 Å². The third-order valence-electron chi connectivity index (χ3n) is 4.56. The van der Waals surface area contributed by atoms with Gasteiger partial charge in [-0.15, -0.1) is 0 Å². The quantitative estimate of drug-likeness (QED) is 0.604. The molecule has 0 aliphatic carbocycles. The highest BCUT2D eigenvalue weighted by Crippen LogP contribution is 2.11. The van der Waals surface area contributed by atoms with Crippen molar-refractivity contribution in [1.82, 2.24) is 20.3 Å². The van der Waals surface area contributed by atoms with Crippen LogP contribution < -0.4 is 15.0 Å². The van der Waals surface area contributed by atoms with Crippen molar-refractivity contribution in [3.05, 3.63) is 77.9 Å². The number of hydrogen-bond donors (Lipinski definition) is 1. The summed E-state index contributed by atoms with van der Waals surface area (Å²) in [6, 6.07) is 13.4. The van der Waals surface area contributed by atoms with Crippen LogP contribution in [0.4, 0.5) is 5.95 Å². The van der Waals surface area contributed by atoms with Crippen molar-refractivity contribution in [3.8, 4) is 5.75 Å². The van der Waals surface area contributed by atoms with Crippen LogP contribution in [0.5, 0.6) is 5.75 Å². The summed E-state index contributed by atoms with van der Waals surface area (Å²) in [7, 11) is 3.56. The zero-order valence-electron chi connectivity index (χ0n) is 16.7. The number of anilines is 1. The highest BCUT2D eigenvalue weighted by Gasteiger charge is 2.11. The molecule has 7 heteroatoms. The Balaban J connectivity index is 1.51. The van der Waals surface area contributed by atoms with Crippen molar-refractivity contribution in [3.63, 3.8) is 0 Å². The Labute approximate surface area is 170 Å². The molecule has 0 fully saturated rings. The van der Waals surface area contributed by atoms with Gasteiger partial charge >= 0.3 is 0 Å². The molecular weight excluding hydrogens is 366 g/mol. The highest BCUT2D eigenvalue weighted by molar-refractivity contribution is 5.92. The number of amides is 1. The molecule has 3 aromatic rings. The molecule has 2 aromatic heterocycles. The number of rotatable bonds is 9. The van der Waals surface area contributed by atoms with Crippen molar-refractivity contribution in [1.29, 1.82) is 0 Å². The van der Waals surface area contributed by atoms with Crippen LogP contribution in [-0.2, 0) is 12.8 Å². The molecule has 0 aliphatic rings. The fraction of sp³-hybridized carbons (Fsp3) is 0.273. The van der Waals surface area contributed by atoms with Crippen molar-refractivity contribution in [2.75, 3.05) is 32.1 Å². The molecule has 7 nitrogen and oxygen atoms in total. The first-order valence-corrected chi connectivity index (χ1v) is 9.50. The van der Waals surface area contributed by atoms with Gasteiger partial charge in [0.2, 0.25) is 5.95 Å². The van der Waals surface area contributed by atoms with Gasteiger partial charge in [-0.1, -0.05) is 12.1 Å². The lowest BCUT2D eigenvalue weighted by Gasteiger charge is -2.17. The number of carbonyl (C=O) groups is 1. The van der Waals surface area contributed by atoms with Gasteiger partial charge in [0.1, 0.15) is 11.4 Å². The Kier molecular flexibility index (Phi) is 7.10. The van der Waals surface area contributed by atoms with Crippen LogP contribution in [0.25, 0.3) is 0 Å². The second-order valence-electron chi connectivity index (χ2n) is 6.62. The van der Waals surface area contributed by atoms with E-state index in [9.17, 15) is 4.79 Å².